The van der Waals surface area contributed by atoms with E-state index in [0.29, 0.717) is 5.92 Å². The van der Waals surface area contributed by atoms with Crippen molar-refractivity contribution in [3.8, 4) is 0 Å². The quantitative estimate of drug-likeness (QED) is 0.655. The largest absolute Gasteiger partial charge is 0.0561 e. The van der Waals surface area contributed by atoms with Crippen LogP contribution >= 0.6 is 0 Å². The summed E-state index contributed by atoms with van der Waals surface area (Å²) >= 11 is 0. The van der Waals surface area contributed by atoms with Gasteiger partial charge in [-0.25, -0.2) is 0 Å². The fourth-order valence-corrected chi connectivity index (χ4v) is 3.21. The Balaban J connectivity index is 2.60. The molecule has 2 rings (SSSR count). The van der Waals surface area contributed by atoms with Gasteiger partial charge in [0.25, 0.3) is 0 Å². The van der Waals surface area contributed by atoms with Crippen LogP contribution in [-0.4, -0.2) is 0 Å². The highest BCUT2D eigenvalue weighted by atomic mass is 14.2. The summed E-state index contributed by atoms with van der Waals surface area (Å²) in [6.07, 6.45) is 0. The molecule has 0 radical (unpaired) electrons. The van der Waals surface area contributed by atoms with Crippen molar-refractivity contribution in [2.75, 3.05) is 0 Å². The Morgan fingerprint density at radius 3 is 1.30 bits per heavy atom. The standard InChI is InChI=1S/C20H26/c1-12-8-14(3)16(5)19(10-12)18(7)20-11-13(2)9-15(4)17(20)6/h8-11,18H,1-7H3. The zero-order valence-corrected chi connectivity index (χ0v) is 13.9. The fourth-order valence-electron chi connectivity index (χ4n) is 3.21. The summed E-state index contributed by atoms with van der Waals surface area (Å²) in [4.78, 5) is 0. The number of rotatable bonds is 2. The van der Waals surface area contributed by atoms with E-state index in [1.165, 1.54) is 44.5 Å². The molecular formula is C20H26. The van der Waals surface area contributed by atoms with Gasteiger partial charge < -0.3 is 0 Å². The summed E-state index contributed by atoms with van der Waals surface area (Å²) in [6.45, 7) is 15.6. The molecule has 0 heterocycles. The first-order chi connectivity index (χ1) is 9.31. The van der Waals surface area contributed by atoms with Crippen molar-refractivity contribution in [3.05, 3.63) is 68.8 Å². The first-order valence-electron chi connectivity index (χ1n) is 7.46. The number of hydrogen-bond acceptors (Lipinski definition) is 0. The summed E-state index contributed by atoms with van der Waals surface area (Å²) < 4.78 is 0. The molecule has 20 heavy (non-hydrogen) atoms. The lowest BCUT2D eigenvalue weighted by Gasteiger charge is -2.21. The molecule has 0 unspecified atom stereocenters. The zero-order valence-electron chi connectivity index (χ0n) is 13.9. The Morgan fingerprint density at radius 1 is 0.600 bits per heavy atom. The lowest BCUT2D eigenvalue weighted by molar-refractivity contribution is 0.887. The SMILES string of the molecule is Cc1cc(C)c(C)c(C(C)c2cc(C)cc(C)c2C)c1. The van der Waals surface area contributed by atoms with Gasteiger partial charge in [0.05, 0.1) is 0 Å². The Hall–Kier alpha value is -1.56. The van der Waals surface area contributed by atoms with Gasteiger partial charge in [-0.3, -0.25) is 0 Å². The van der Waals surface area contributed by atoms with Crippen LogP contribution in [0.2, 0.25) is 0 Å². The van der Waals surface area contributed by atoms with Crippen molar-refractivity contribution in [1.29, 1.82) is 0 Å². The van der Waals surface area contributed by atoms with Crippen molar-refractivity contribution in [2.45, 2.75) is 54.4 Å². The highest BCUT2D eigenvalue weighted by Gasteiger charge is 2.16. The second-order valence-corrected chi connectivity index (χ2v) is 6.31. The molecule has 0 aliphatic heterocycles. The number of aryl methyl sites for hydroxylation is 4. The predicted molar refractivity (Wildman–Crippen MR) is 88.8 cm³/mol. The van der Waals surface area contributed by atoms with Gasteiger partial charge in [-0.2, -0.15) is 0 Å². The summed E-state index contributed by atoms with van der Waals surface area (Å²) in [6, 6.07) is 9.26. The van der Waals surface area contributed by atoms with Crippen LogP contribution in [0.25, 0.3) is 0 Å². The molecule has 0 N–H and O–H groups in total. The molecule has 0 nitrogen and oxygen atoms in total. The molecule has 0 aliphatic rings. The topological polar surface area (TPSA) is 0 Å². The smallest absolute Gasteiger partial charge is 0.00666 e. The Labute approximate surface area is 123 Å². The fraction of sp³-hybridized carbons (Fsp3) is 0.400. The second-order valence-electron chi connectivity index (χ2n) is 6.31. The van der Waals surface area contributed by atoms with Gasteiger partial charge in [0.2, 0.25) is 0 Å². The summed E-state index contributed by atoms with van der Waals surface area (Å²) in [5.41, 5.74) is 11.3. The normalized spacial score (nSPS) is 11.2. The van der Waals surface area contributed by atoms with Gasteiger partial charge >= 0.3 is 0 Å². The molecule has 0 aromatic heterocycles. The van der Waals surface area contributed by atoms with Crippen LogP contribution in [0.1, 0.15) is 57.3 Å². The molecule has 2 aromatic rings. The van der Waals surface area contributed by atoms with Gasteiger partial charge in [-0.05, 0) is 74.9 Å². The first-order valence-corrected chi connectivity index (χ1v) is 7.46. The average Bonchev–Trinajstić information content (AvgIpc) is 2.37. The van der Waals surface area contributed by atoms with Gasteiger partial charge in [0.15, 0.2) is 0 Å². The van der Waals surface area contributed by atoms with Crippen LogP contribution in [-0.2, 0) is 0 Å². The highest BCUT2D eigenvalue weighted by Crippen LogP contribution is 2.32. The Bertz CT molecular complexity index is 590. The molecule has 0 spiro atoms. The maximum Gasteiger partial charge on any atom is 0.00666 e. The first kappa shape index (κ1) is 14.8. The van der Waals surface area contributed by atoms with E-state index in [-0.39, 0.29) is 0 Å². The molecule has 2 aromatic carbocycles. The van der Waals surface area contributed by atoms with Gasteiger partial charge in [0.1, 0.15) is 0 Å². The molecular weight excluding hydrogens is 240 g/mol. The predicted octanol–water partition coefficient (Wildman–Crippen LogP) is 5.69. The maximum absolute atomic E-state index is 2.35. The molecule has 0 saturated carbocycles. The van der Waals surface area contributed by atoms with Crippen LogP contribution < -0.4 is 0 Å². The zero-order chi connectivity index (χ0) is 15.0. The Kier molecular flexibility index (Phi) is 4.04. The van der Waals surface area contributed by atoms with Crippen LogP contribution in [0.15, 0.2) is 24.3 Å². The van der Waals surface area contributed by atoms with E-state index >= 15 is 0 Å². The van der Waals surface area contributed by atoms with E-state index < -0.39 is 0 Å². The van der Waals surface area contributed by atoms with E-state index in [0.717, 1.165) is 0 Å². The monoisotopic (exact) mass is 266 g/mol. The summed E-state index contributed by atoms with van der Waals surface area (Å²) in [7, 11) is 0. The molecule has 0 heteroatoms. The van der Waals surface area contributed by atoms with E-state index in [9.17, 15) is 0 Å². The lowest BCUT2D eigenvalue weighted by Crippen LogP contribution is -2.04. The maximum atomic E-state index is 2.35. The van der Waals surface area contributed by atoms with Gasteiger partial charge in [0, 0.05) is 5.92 Å². The number of hydrogen-bond donors (Lipinski definition) is 0. The van der Waals surface area contributed by atoms with Crippen molar-refractivity contribution >= 4 is 0 Å². The molecule has 0 bridgehead atoms. The van der Waals surface area contributed by atoms with E-state index in [1.807, 2.05) is 0 Å². The molecule has 0 atom stereocenters. The van der Waals surface area contributed by atoms with Crippen molar-refractivity contribution in [1.82, 2.24) is 0 Å². The minimum atomic E-state index is 0.451. The Morgan fingerprint density at radius 2 is 0.950 bits per heavy atom. The molecule has 106 valence electrons. The summed E-state index contributed by atoms with van der Waals surface area (Å²) in [5, 5.41) is 0. The van der Waals surface area contributed by atoms with Gasteiger partial charge in [-0.15, -0.1) is 0 Å². The molecule has 0 saturated heterocycles. The lowest BCUT2D eigenvalue weighted by atomic mass is 9.83. The second kappa shape index (κ2) is 5.44. The average molecular weight is 266 g/mol. The van der Waals surface area contributed by atoms with Crippen LogP contribution in [0.3, 0.4) is 0 Å². The van der Waals surface area contributed by atoms with Crippen LogP contribution in [0.4, 0.5) is 0 Å². The molecule has 0 fully saturated rings. The molecule has 0 aliphatic carbocycles. The number of benzene rings is 2. The van der Waals surface area contributed by atoms with E-state index in [2.05, 4.69) is 72.7 Å². The van der Waals surface area contributed by atoms with E-state index in [4.69, 9.17) is 0 Å². The third kappa shape index (κ3) is 2.65. The third-order valence-electron chi connectivity index (χ3n) is 4.64. The van der Waals surface area contributed by atoms with Crippen molar-refractivity contribution in [2.24, 2.45) is 0 Å². The van der Waals surface area contributed by atoms with Crippen molar-refractivity contribution in [3.63, 3.8) is 0 Å². The third-order valence-corrected chi connectivity index (χ3v) is 4.64. The summed E-state index contributed by atoms with van der Waals surface area (Å²) in [5.74, 6) is 0.451. The minimum absolute atomic E-state index is 0.451. The van der Waals surface area contributed by atoms with Crippen LogP contribution in [0.5, 0.6) is 0 Å². The highest BCUT2D eigenvalue weighted by molar-refractivity contribution is 5.47. The molecule has 0 amide bonds. The van der Waals surface area contributed by atoms with E-state index in [1.54, 1.807) is 0 Å². The van der Waals surface area contributed by atoms with Gasteiger partial charge in [-0.1, -0.05) is 42.3 Å². The minimum Gasteiger partial charge on any atom is -0.0561 e. The van der Waals surface area contributed by atoms with Crippen LogP contribution in [0, 0.1) is 41.5 Å². The van der Waals surface area contributed by atoms with Crippen molar-refractivity contribution < 1.29 is 0 Å².